The average Bonchev–Trinajstić information content (AvgIpc) is 3.27. The number of rotatable bonds is 2. The van der Waals surface area contributed by atoms with E-state index in [1.807, 2.05) is 6.07 Å². The zero-order valence-corrected chi connectivity index (χ0v) is 17.3. The second kappa shape index (κ2) is 7.98. The van der Waals surface area contributed by atoms with Gasteiger partial charge < -0.3 is 24.3 Å². The molecule has 2 amide bonds. The highest BCUT2D eigenvalue weighted by atomic mass is 19.4. The number of nitrogens with zero attached hydrogens (tertiary/aromatic N) is 3. The Kier molecular flexibility index (Phi) is 5.10. The molecule has 1 unspecified atom stereocenters. The number of ether oxygens (including phenoxy) is 2. The minimum Gasteiger partial charge on any atom is -0.485 e. The molecule has 1 saturated heterocycles. The molecule has 1 N–H and O–H groups in total. The first-order valence-corrected chi connectivity index (χ1v) is 10.3. The lowest BCUT2D eigenvalue weighted by Gasteiger charge is -2.37. The van der Waals surface area contributed by atoms with Crippen molar-refractivity contribution in [3.63, 3.8) is 0 Å². The first kappa shape index (κ1) is 21.1. The number of hydrogen-bond donors (Lipinski definition) is 1. The normalized spacial score (nSPS) is 18.5. The highest BCUT2D eigenvalue weighted by Gasteiger charge is 2.35. The molecule has 2 aliphatic heterocycles. The molecule has 11 heteroatoms. The van der Waals surface area contributed by atoms with E-state index in [1.54, 1.807) is 28.0 Å². The molecule has 1 atom stereocenters. The molecule has 2 aromatic carbocycles. The summed E-state index contributed by atoms with van der Waals surface area (Å²) in [5.74, 6) is -0.536. The number of imidazole rings is 1. The highest BCUT2D eigenvalue weighted by Crippen LogP contribution is 2.31. The van der Waals surface area contributed by atoms with Gasteiger partial charge in [0.2, 0.25) is 11.9 Å². The summed E-state index contributed by atoms with van der Waals surface area (Å²) in [6.45, 7) is 1.33. The molecular formula is C22H19F3N4O4. The van der Waals surface area contributed by atoms with Crippen LogP contribution >= 0.6 is 0 Å². The molecule has 0 aliphatic carbocycles. The van der Waals surface area contributed by atoms with E-state index in [1.165, 1.54) is 18.2 Å². The molecule has 1 fully saturated rings. The summed E-state index contributed by atoms with van der Waals surface area (Å²) < 4.78 is 50.0. The average molecular weight is 460 g/mol. The number of piperazine rings is 1. The maximum atomic E-state index is 12.9. The van der Waals surface area contributed by atoms with Crippen molar-refractivity contribution < 1.29 is 32.2 Å². The van der Waals surface area contributed by atoms with Crippen LogP contribution in [0.1, 0.15) is 16.2 Å². The van der Waals surface area contributed by atoms with Crippen LogP contribution in [0.25, 0.3) is 11.0 Å². The van der Waals surface area contributed by atoms with Crippen LogP contribution in [-0.2, 0) is 11.0 Å². The number of amides is 2. The lowest BCUT2D eigenvalue weighted by Crippen LogP contribution is -2.55. The topological polar surface area (TPSA) is 87.8 Å². The molecule has 2 aliphatic rings. The number of fused-ring (bicyclic) bond motifs is 2. The van der Waals surface area contributed by atoms with Gasteiger partial charge in [-0.1, -0.05) is 12.1 Å². The number of hydrogen-bond acceptors (Lipinski definition) is 5. The van der Waals surface area contributed by atoms with Gasteiger partial charge in [0, 0.05) is 31.7 Å². The second-order valence-electron chi connectivity index (χ2n) is 7.80. The number of nitrogens with one attached hydrogen (secondary N) is 1. The fourth-order valence-corrected chi connectivity index (χ4v) is 3.93. The molecule has 0 saturated carbocycles. The molecule has 3 heterocycles. The minimum atomic E-state index is -4.60. The Labute approximate surface area is 185 Å². The summed E-state index contributed by atoms with van der Waals surface area (Å²) in [4.78, 5) is 34.7. The molecule has 33 heavy (non-hydrogen) atoms. The van der Waals surface area contributed by atoms with E-state index in [2.05, 4.69) is 9.97 Å². The smallest absolute Gasteiger partial charge is 0.449 e. The molecule has 0 bridgehead atoms. The third-order valence-electron chi connectivity index (χ3n) is 5.66. The van der Waals surface area contributed by atoms with Gasteiger partial charge in [-0.25, -0.2) is 4.98 Å². The standard InChI is InChI=1S/C22H19F3N4O4/c23-22(24,25)21-26-14-6-5-13(11-15(14)27-21)19(30)28-7-9-29(10-8-28)20(31)18-12-32-16-3-1-2-4-17(16)33-18/h1-6,11,18H,7-10,12H2,(H,26,27). The van der Waals surface area contributed by atoms with E-state index in [0.29, 0.717) is 37.7 Å². The van der Waals surface area contributed by atoms with Crippen molar-refractivity contribution in [2.24, 2.45) is 0 Å². The summed E-state index contributed by atoms with van der Waals surface area (Å²) in [5.41, 5.74) is 0.516. The molecule has 172 valence electrons. The van der Waals surface area contributed by atoms with Gasteiger partial charge in [0.25, 0.3) is 11.8 Å². The van der Waals surface area contributed by atoms with Gasteiger partial charge in [0.15, 0.2) is 11.5 Å². The summed E-state index contributed by atoms with van der Waals surface area (Å²) in [5, 5.41) is 0. The van der Waals surface area contributed by atoms with Crippen LogP contribution in [0.5, 0.6) is 11.5 Å². The fourth-order valence-electron chi connectivity index (χ4n) is 3.93. The van der Waals surface area contributed by atoms with E-state index in [9.17, 15) is 22.8 Å². The lowest BCUT2D eigenvalue weighted by molar-refractivity contribution is -0.144. The second-order valence-corrected chi connectivity index (χ2v) is 7.80. The largest absolute Gasteiger partial charge is 0.485 e. The maximum absolute atomic E-state index is 12.9. The molecule has 3 aromatic rings. The van der Waals surface area contributed by atoms with Crippen LogP contribution < -0.4 is 9.47 Å². The summed E-state index contributed by atoms with van der Waals surface area (Å²) in [6, 6.07) is 11.3. The SMILES string of the molecule is O=C(c1ccc2nc(C(F)(F)F)[nH]c2c1)N1CCN(C(=O)C2COc3ccccc3O2)CC1. The van der Waals surface area contributed by atoms with Crippen molar-refractivity contribution in [1.82, 2.24) is 19.8 Å². The van der Waals surface area contributed by atoms with Crippen LogP contribution in [-0.4, -0.2) is 70.5 Å². The van der Waals surface area contributed by atoms with E-state index < -0.39 is 18.1 Å². The Morgan fingerprint density at radius 3 is 2.42 bits per heavy atom. The van der Waals surface area contributed by atoms with Gasteiger partial charge in [-0.2, -0.15) is 13.2 Å². The van der Waals surface area contributed by atoms with Crippen LogP contribution in [0.4, 0.5) is 13.2 Å². The molecule has 0 spiro atoms. The van der Waals surface area contributed by atoms with Crippen molar-refractivity contribution in [3.8, 4) is 11.5 Å². The van der Waals surface area contributed by atoms with Gasteiger partial charge >= 0.3 is 6.18 Å². The number of aromatic nitrogens is 2. The lowest BCUT2D eigenvalue weighted by atomic mass is 10.1. The number of halogens is 3. The van der Waals surface area contributed by atoms with Gasteiger partial charge in [-0.15, -0.1) is 0 Å². The molecule has 0 radical (unpaired) electrons. The van der Waals surface area contributed by atoms with Gasteiger partial charge in [0.1, 0.15) is 6.61 Å². The number of alkyl halides is 3. The van der Waals surface area contributed by atoms with E-state index in [0.717, 1.165) is 0 Å². The first-order chi connectivity index (χ1) is 15.8. The number of carbonyl (C=O) groups is 2. The van der Waals surface area contributed by atoms with E-state index in [-0.39, 0.29) is 35.0 Å². The third-order valence-corrected chi connectivity index (χ3v) is 5.66. The third kappa shape index (κ3) is 4.06. The van der Waals surface area contributed by atoms with Crippen LogP contribution in [0, 0.1) is 0 Å². The molecule has 8 nitrogen and oxygen atoms in total. The van der Waals surface area contributed by atoms with Crippen molar-refractivity contribution in [1.29, 1.82) is 0 Å². The molecule has 5 rings (SSSR count). The molecular weight excluding hydrogens is 441 g/mol. The zero-order chi connectivity index (χ0) is 23.2. The number of para-hydroxylation sites is 2. The Morgan fingerprint density at radius 1 is 1.00 bits per heavy atom. The van der Waals surface area contributed by atoms with Crippen LogP contribution in [0.2, 0.25) is 0 Å². The van der Waals surface area contributed by atoms with Crippen molar-refractivity contribution in [2.75, 3.05) is 32.8 Å². The van der Waals surface area contributed by atoms with Gasteiger partial charge in [0.05, 0.1) is 11.0 Å². The van der Waals surface area contributed by atoms with Crippen molar-refractivity contribution in [2.45, 2.75) is 12.3 Å². The first-order valence-electron chi connectivity index (χ1n) is 10.3. The van der Waals surface area contributed by atoms with Crippen LogP contribution in [0.15, 0.2) is 42.5 Å². The van der Waals surface area contributed by atoms with Gasteiger partial charge in [-0.05, 0) is 30.3 Å². The minimum absolute atomic E-state index is 0.110. The Morgan fingerprint density at radius 2 is 1.70 bits per heavy atom. The summed E-state index contributed by atoms with van der Waals surface area (Å²) >= 11 is 0. The predicted octanol–water partition coefficient (Wildman–Crippen LogP) is 2.71. The van der Waals surface area contributed by atoms with Gasteiger partial charge in [-0.3, -0.25) is 9.59 Å². The maximum Gasteiger partial charge on any atom is 0.449 e. The Hall–Kier alpha value is -3.76. The Bertz CT molecular complexity index is 1220. The zero-order valence-electron chi connectivity index (χ0n) is 17.3. The van der Waals surface area contributed by atoms with E-state index in [4.69, 9.17) is 9.47 Å². The number of H-pyrrole nitrogens is 1. The van der Waals surface area contributed by atoms with Crippen molar-refractivity contribution in [3.05, 3.63) is 53.9 Å². The number of benzene rings is 2. The van der Waals surface area contributed by atoms with Crippen molar-refractivity contribution >= 4 is 22.8 Å². The monoisotopic (exact) mass is 460 g/mol. The summed E-state index contributed by atoms with van der Waals surface area (Å²) in [6.07, 6.45) is -5.35. The fraction of sp³-hybridized carbons (Fsp3) is 0.318. The number of carbonyl (C=O) groups excluding carboxylic acids is 2. The summed E-state index contributed by atoms with van der Waals surface area (Å²) in [7, 11) is 0. The molecule has 1 aromatic heterocycles. The van der Waals surface area contributed by atoms with E-state index >= 15 is 0 Å². The Balaban J connectivity index is 1.22. The number of aromatic amines is 1. The van der Waals surface area contributed by atoms with Crippen LogP contribution in [0.3, 0.4) is 0 Å². The predicted molar refractivity (Wildman–Crippen MR) is 110 cm³/mol. The quantitative estimate of drug-likeness (QED) is 0.636. The highest BCUT2D eigenvalue weighted by molar-refractivity contribution is 5.97.